The Morgan fingerprint density at radius 2 is 1.03 bits per heavy atom. The van der Waals surface area contributed by atoms with Gasteiger partial charge < -0.3 is 0 Å². The summed E-state index contributed by atoms with van der Waals surface area (Å²) in [5.74, 6) is 0. The molecule has 4 rings (SSSR count). The van der Waals surface area contributed by atoms with E-state index in [1.165, 1.54) is 24.3 Å². The number of rotatable bonds is 4. The second-order valence-corrected chi connectivity index (χ2v) is 12.2. The minimum absolute atomic E-state index is 0. The third-order valence-corrected chi connectivity index (χ3v) is 8.72. The van der Waals surface area contributed by atoms with E-state index >= 15 is 0 Å². The summed E-state index contributed by atoms with van der Waals surface area (Å²) in [5.41, 5.74) is 0. The molecule has 12 nitrogen and oxygen atoms in total. The molecule has 2 radical (unpaired) electrons. The van der Waals surface area contributed by atoms with Crippen LogP contribution in [0.2, 0.25) is 0 Å². The first-order valence-electron chi connectivity index (χ1n) is 8.11. The molecule has 0 aliphatic rings. The molecule has 0 aromatic heterocycles. The molecule has 0 saturated carbocycles. The fourth-order valence-electron chi connectivity index (χ4n) is 3.82. The Labute approximate surface area is 216 Å². The normalized spacial score (nSPS) is 13.6. The van der Waals surface area contributed by atoms with E-state index in [0.29, 0.717) is 5.39 Å². The predicted molar refractivity (Wildman–Crippen MR) is 115 cm³/mol. The first-order chi connectivity index (χ1) is 14.4. The number of benzene rings is 4. The summed E-state index contributed by atoms with van der Waals surface area (Å²) in [5, 5.41) is -1.88. The average Bonchev–Trinajstić information content (AvgIpc) is 2.61. The second kappa shape index (κ2) is 7.92. The van der Waals surface area contributed by atoms with Gasteiger partial charge in [-0.3, -0.25) is 18.2 Å². The smallest absolute Gasteiger partial charge is 0.282 e. The van der Waals surface area contributed by atoms with Gasteiger partial charge in [0.1, 0.15) is 19.6 Å². The van der Waals surface area contributed by atoms with Gasteiger partial charge >= 0.3 is 0 Å². The van der Waals surface area contributed by atoms with Crippen molar-refractivity contribution < 1.29 is 51.9 Å². The maximum atomic E-state index is 12.2. The van der Waals surface area contributed by atoms with Gasteiger partial charge in [-0.15, -0.1) is 0 Å². The van der Waals surface area contributed by atoms with Crippen LogP contribution in [0.4, 0.5) is 0 Å². The molecule has 0 aliphatic heterocycles. The zero-order valence-electron chi connectivity index (χ0n) is 15.9. The summed E-state index contributed by atoms with van der Waals surface area (Å²) in [6.07, 6.45) is 0. The molecule has 0 fully saturated rings. The first-order valence-corrected chi connectivity index (χ1v) is 13.9. The van der Waals surface area contributed by atoms with Crippen LogP contribution < -0.4 is 0 Å². The van der Waals surface area contributed by atoms with Crippen molar-refractivity contribution in [3.05, 3.63) is 36.4 Å². The minimum Gasteiger partial charge on any atom is -0.282 e. The summed E-state index contributed by atoms with van der Waals surface area (Å²) < 4.78 is 136. The van der Waals surface area contributed by atoms with Crippen LogP contribution in [0, 0.1) is 0 Å². The molecule has 4 aromatic rings. The van der Waals surface area contributed by atoms with Crippen molar-refractivity contribution in [1.29, 1.82) is 0 Å². The van der Waals surface area contributed by atoms with Crippen molar-refractivity contribution in [2.45, 2.75) is 19.6 Å². The summed E-state index contributed by atoms with van der Waals surface area (Å²) in [6.45, 7) is 0. The Morgan fingerprint density at radius 3 is 1.52 bits per heavy atom. The fraction of sp³-hybridized carbons (Fsp3) is 0. The monoisotopic (exact) mass is 562 g/mol. The molecule has 0 spiro atoms. The van der Waals surface area contributed by atoms with Gasteiger partial charge in [0.15, 0.2) is 0 Å². The molecule has 172 valence electrons. The van der Waals surface area contributed by atoms with Crippen LogP contribution >= 0.6 is 0 Å². The predicted octanol–water partition coefficient (Wildman–Crippen LogP) is 1.19. The van der Waals surface area contributed by atoms with Crippen LogP contribution in [0.3, 0.4) is 0 Å². The molecular weight excluding hydrogens is 553 g/mol. The molecule has 0 aliphatic carbocycles. The second-order valence-electron chi connectivity index (χ2n) is 6.70. The minimum atomic E-state index is -5.84. The standard InChI is InChI=1S/C16H10O12S4.Ca/c17-29(18,19)10-6-8-3-1-2-7-4-5-9-12(11(7)8)13(10)15(31(23,24)25)16(32(26,27)28)14(9)30(20,21)22;/h1-6H,(H,17,18,19)(H,20,21,22)(H,23,24,25)(H,26,27,28);. The van der Waals surface area contributed by atoms with E-state index < -0.39 is 76.2 Å². The van der Waals surface area contributed by atoms with E-state index in [4.69, 9.17) is 0 Å². The van der Waals surface area contributed by atoms with Crippen molar-refractivity contribution in [2.24, 2.45) is 0 Å². The van der Waals surface area contributed by atoms with Crippen LogP contribution in [-0.4, -0.2) is 89.6 Å². The zero-order chi connectivity index (χ0) is 24.0. The Hall–Kier alpha value is -1.18. The van der Waals surface area contributed by atoms with E-state index in [1.54, 1.807) is 0 Å². The van der Waals surface area contributed by atoms with Crippen molar-refractivity contribution in [2.75, 3.05) is 0 Å². The summed E-state index contributed by atoms with van der Waals surface area (Å²) >= 11 is 0. The van der Waals surface area contributed by atoms with Crippen LogP contribution in [0.5, 0.6) is 0 Å². The van der Waals surface area contributed by atoms with Gasteiger partial charge in [-0.2, -0.15) is 33.7 Å². The molecule has 0 amide bonds. The maximum absolute atomic E-state index is 12.2. The Bertz CT molecular complexity index is 1910. The van der Waals surface area contributed by atoms with Crippen molar-refractivity contribution >= 4 is 111 Å². The molecule has 0 saturated heterocycles. The van der Waals surface area contributed by atoms with Gasteiger partial charge in [0.25, 0.3) is 40.5 Å². The molecule has 0 heterocycles. The van der Waals surface area contributed by atoms with Gasteiger partial charge in [-0.05, 0) is 22.2 Å². The van der Waals surface area contributed by atoms with Gasteiger partial charge in [0, 0.05) is 53.9 Å². The molecule has 4 aromatic carbocycles. The van der Waals surface area contributed by atoms with Crippen molar-refractivity contribution in [1.82, 2.24) is 0 Å². The Morgan fingerprint density at radius 1 is 0.515 bits per heavy atom. The quantitative estimate of drug-likeness (QED) is 0.157. The van der Waals surface area contributed by atoms with E-state index in [0.717, 1.165) is 12.1 Å². The zero-order valence-corrected chi connectivity index (χ0v) is 21.3. The SMILES string of the molecule is O=S(=O)(O)c1c(S(=O)(=O)O)c2ccc3cccc4cc(S(=O)(=O)O)c(c1S(=O)(=O)O)c2c34.[Ca]. The third kappa shape index (κ3) is 4.23. The van der Waals surface area contributed by atoms with Crippen LogP contribution in [0.25, 0.3) is 32.3 Å². The van der Waals surface area contributed by atoms with Crippen LogP contribution in [-0.2, 0) is 40.5 Å². The first kappa shape index (κ1) is 26.4. The summed E-state index contributed by atoms with van der Waals surface area (Å²) in [7, 11) is -22.5. The summed E-state index contributed by atoms with van der Waals surface area (Å²) in [6, 6.07) is 7.29. The largest absolute Gasteiger partial charge is 0.297 e. The topological polar surface area (TPSA) is 217 Å². The van der Waals surface area contributed by atoms with Gasteiger partial charge in [-0.1, -0.05) is 30.3 Å². The molecule has 0 bridgehead atoms. The number of hydrogen-bond acceptors (Lipinski definition) is 8. The van der Waals surface area contributed by atoms with Crippen LogP contribution in [0.1, 0.15) is 0 Å². The molecule has 33 heavy (non-hydrogen) atoms. The third-order valence-electron chi connectivity index (χ3n) is 4.80. The fourth-order valence-corrected chi connectivity index (χ4v) is 8.22. The molecule has 0 atom stereocenters. The molecule has 0 unspecified atom stereocenters. The van der Waals surface area contributed by atoms with Crippen molar-refractivity contribution in [3.63, 3.8) is 0 Å². The van der Waals surface area contributed by atoms with E-state index in [9.17, 15) is 51.9 Å². The van der Waals surface area contributed by atoms with Crippen molar-refractivity contribution in [3.8, 4) is 0 Å². The molecule has 17 heteroatoms. The Kier molecular flexibility index (Phi) is 6.34. The van der Waals surface area contributed by atoms with Gasteiger partial charge in [-0.25, -0.2) is 0 Å². The van der Waals surface area contributed by atoms with Crippen LogP contribution in [0.15, 0.2) is 56.0 Å². The maximum Gasteiger partial charge on any atom is 0.297 e. The Balaban J connectivity index is 0.00000306. The van der Waals surface area contributed by atoms with Gasteiger partial charge in [0.2, 0.25) is 0 Å². The van der Waals surface area contributed by atoms with E-state index in [2.05, 4.69) is 0 Å². The van der Waals surface area contributed by atoms with Gasteiger partial charge in [0.05, 0.1) is 0 Å². The number of hydrogen-bond donors (Lipinski definition) is 4. The van der Waals surface area contributed by atoms with E-state index in [-0.39, 0.29) is 48.5 Å². The molecule has 4 N–H and O–H groups in total. The average molecular weight is 563 g/mol. The van der Waals surface area contributed by atoms with E-state index in [1.807, 2.05) is 0 Å². The molecular formula is C16H10CaO12S4. The summed E-state index contributed by atoms with van der Waals surface area (Å²) in [4.78, 5) is -6.60.